The van der Waals surface area contributed by atoms with E-state index in [2.05, 4.69) is 22.4 Å². The van der Waals surface area contributed by atoms with Crippen LogP contribution >= 0.6 is 11.8 Å². The summed E-state index contributed by atoms with van der Waals surface area (Å²) in [5.41, 5.74) is -0.106. The number of H-pyrrole nitrogens is 1. The summed E-state index contributed by atoms with van der Waals surface area (Å²) in [5, 5.41) is 11.6. The molecule has 0 spiro atoms. The Morgan fingerprint density at radius 2 is 2.33 bits per heavy atom. The van der Waals surface area contributed by atoms with Crippen molar-refractivity contribution in [2.24, 2.45) is 0 Å². The summed E-state index contributed by atoms with van der Waals surface area (Å²) in [6.07, 6.45) is 3.68. The molecule has 0 aliphatic heterocycles. The van der Waals surface area contributed by atoms with E-state index in [-0.39, 0.29) is 11.7 Å². The number of hydrogen-bond acceptors (Lipinski definition) is 4. The quantitative estimate of drug-likeness (QED) is 0.856. The van der Waals surface area contributed by atoms with Crippen molar-refractivity contribution in [2.45, 2.75) is 62.5 Å². The standard InChI is InChI=1S/C12H22N4OS/c1-4-13-9-6-5-7-10(9)18-12-15-14-11(17)16(12)8(2)3/h8-10,13H,4-7H2,1-3H3,(H,14,17). The lowest BCUT2D eigenvalue weighted by molar-refractivity contribution is 0.526. The highest BCUT2D eigenvalue weighted by Gasteiger charge is 2.29. The van der Waals surface area contributed by atoms with Crippen LogP contribution in [0.3, 0.4) is 0 Å². The number of nitrogens with one attached hydrogen (secondary N) is 2. The van der Waals surface area contributed by atoms with Crippen LogP contribution in [0.25, 0.3) is 0 Å². The van der Waals surface area contributed by atoms with Crippen molar-refractivity contribution in [1.82, 2.24) is 20.1 Å². The van der Waals surface area contributed by atoms with Gasteiger partial charge in [0, 0.05) is 17.3 Å². The average molecular weight is 270 g/mol. The van der Waals surface area contributed by atoms with E-state index < -0.39 is 0 Å². The molecule has 1 heterocycles. The Morgan fingerprint density at radius 3 is 3.00 bits per heavy atom. The Labute approximate surface area is 112 Å². The van der Waals surface area contributed by atoms with E-state index in [0.29, 0.717) is 11.3 Å². The molecule has 0 amide bonds. The average Bonchev–Trinajstić information content (AvgIpc) is 2.88. The van der Waals surface area contributed by atoms with Crippen molar-refractivity contribution >= 4 is 11.8 Å². The number of hydrogen-bond donors (Lipinski definition) is 2. The van der Waals surface area contributed by atoms with Gasteiger partial charge in [-0.1, -0.05) is 25.1 Å². The Balaban J connectivity index is 2.11. The highest BCUT2D eigenvalue weighted by molar-refractivity contribution is 7.99. The molecule has 1 aromatic heterocycles. The fraction of sp³-hybridized carbons (Fsp3) is 0.833. The van der Waals surface area contributed by atoms with E-state index in [1.54, 1.807) is 16.3 Å². The first-order valence-electron chi connectivity index (χ1n) is 6.70. The minimum atomic E-state index is -0.106. The van der Waals surface area contributed by atoms with Gasteiger partial charge in [-0.3, -0.25) is 4.57 Å². The summed E-state index contributed by atoms with van der Waals surface area (Å²) in [5.74, 6) is 0. The summed E-state index contributed by atoms with van der Waals surface area (Å²) in [7, 11) is 0. The fourth-order valence-corrected chi connectivity index (χ4v) is 3.98. The molecule has 1 fully saturated rings. The SMILES string of the molecule is CCNC1CCCC1Sc1n[nH]c(=O)n1C(C)C. The number of nitrogens with zero attached hydrogens (tertiary/aromatic N) is 2. The second-order valence-electron chi connectivity index (χ2n) is 5.03. The molecule has 0 saturated heterocycles. The first-order chi connectivity index (χ1) is 8.63. The van der Waals surface area contributed by atoms with Gasteiger partial charge in [0.25, 0.3) is 0 Å². The molecule has 0 bridgehead atoms. The lowest BCUT2D eigenvalue weighted by Gasteiger charge is -2.20. The van der Waals surface area contributed by atoms with Crippen LogP contribution in [0.15, 0.2) is 9.95 Å². The predicted octanol–water partition coefficient (Wildman–Crippen LogP) is 1.77. The van der Waals surface area contributed by atoms with Crippen molar-refractivity contribution in [3.63, 3.8) is 0 Å². The second kappa shape index (κ2) is 5.93. The van der Waals surface area contributed by atoms with Gasteiger partial charge >= 0.3 is 5.69 Å². The summed E-state index contributed by atoms with van der Waals surface area (Å²) in [6.45, 7) is 7.16. The zero-order valence-electron chi connectivity index (χ0n) is 11.3. The molecule has 102 valence electrons. The third-order valence-corrected chi connectivity index (χ3v) is 4.73. The number of aromatic nitrogens is 3. The topological polar surface area (TPSA) is 62.7 Å². The first-order valence-corrected chi connectivity index (χ1v) is 7.58. The number of rotatable bonds is 5. The molecule has 5 nitrogen and oxygen atoms in total. The van der Waals surface area contributed by atoms with Crippen LogP contribution in [0, 0.1) is 0 Å². The second-order valence-corrected chi connectivity index (χ2v) is 6.23. The predicted molar refractivity (Wildman–Crippen MR) is 74.2 cm³/mol. The Kier molecular flexibility index (Phi) is 4.50. The van der Waals surface area contributed by atoms with Gasteiger partial charge in [0.1, 0.15) is 0 Å². The molecule has 2 atom stereocenters. The van der Waals surface area contributed by atoms with Gasteiger partial charge in [-0.25, -0.2) is 9.89 Å². The van der Waals surface area contributed by atoms with Gasteiger partial charge in [0.05, 0.1) is 0 Å². The molecule has 1 aliphatic carbocycles. The van der Waals surface area contributed by atoms with Gasteiger partial charge in [0.2, 0.25) is 0 Å². The van der Waals surface area contributed by atoms with Crippen LogP contribution in [0.1, 0.15) is 46.1 Å². The smallest absolute Gasteiger partial charge is 0.313 e. The molecule has 18 heavy (non-hydrogen) atoms. The Morgan fingerprint density at radius 1 is 1.56 bits per heavy atom. The third-order valence-electron chi connectivity index (χ3n) is 3.36. The van der Waals surface area contributed by atoms with Crippen molar-refractivity contribution in [1.29, 1.82) is 0 Å². The van der Waals surface area contributed by atoms with E-state index >= 15 is 0 Å². The molecule has 0 radical (unpaired) electrons. The van der Waals surface area contributed by atoms with Gasteiger partial charge < -0.3 is 5.32 Å². The van der Waals surface area contributed by atoms with Crippen LogP contribution in [0.5, 0.6) is 0 Å². The van der Waals surface area contributed by atoms with Crippen molar-refractivity contribution in [3.8, 4) is 0 Å². The third kappa shape index (κ3) is 2.80. The Hall–Kier alpha value is -0.750. The lowest BCUT2D eigenvalue weighted by atomic mass is 10.2. The van der Waals surface area contributed by atoms with E-state index in [1.807, 2.05) is 13.8 Å². The van der Waals surface area contributed by atoms with E-state index in [0.717, 1.165) is 11.7 Å². The highest BCUT2D eigenvalue weighted by atomic mass is 32.2. The molecular formula is C12H22N4OS. The molecule has 2 N–H and O–H groups in total. The van der Waals surface area contributed by atoms with Crippen LogP contribution in [-0.2, 0) is 0 Å². The monoisotopic (exact) mass is 270 g/mol. The van der Waals surface area contributed by atoms with Crippen molar-refractivity contribution in [3.05, 3.63) is 10.5 Å². The summed E-state index contributed by atoms with van der Waals surface area (Å²) >= 11 is 1.73. The Bertz CT molecular complexity index is 440. The summed E-state index contributed by atoms with van der Waals surface area (Å²) in [4.78, 5) is 11.7. The number of thioether (sulfide) groups is 1. The van der Waals surface area contributed by atoms with Crippen LogP contribution in [0.2, 0.25) is 0 Å². The van der Waals surface area contributed by atoms with E-state index in [1.165, 1.54) is 19.3 Å². The van der Waals surface area contributed by atoms with Gasteiger partial charge in [-0.2, -0.15) is 0 Å². The lowest BCUT2D eigenvalue weighted by Crippen LogP contribution is -2.34. The molecular weight excluding hydrogens is 248 g/mol. The van der Waals surface area contributed by atoms with Gasteiger partial charge in [0.15, 0.2) is 5.16 Å². The maximum atomic E-state index is 11.7. The molecule has 1 saturated carbocycles. The molecule has 6 heteroatoms. The summed E-state index contributed by atoms with van der Waals surface area (Å²) < 4.78 is 1.74. The number of aromatic amines is 1. The molecule has 1 aromatic rings. The van der Waals surface area contributed by atoms with Crippen molar-refractivity contribution < 1.29 is 0 Å². The van der Waals surface area contributed by atoms with E-state index in [4.69, 9.17) is 0 Å². The fourth-order valence-electron chi connectivity index (χ4n) is 2.53. The molecule has 2 unspecified atom stereocenters. The molecule has 0 aromatic carbocycles. The van der Waals surface area contributed by atoms with Crippen molar-refractivity contribution in [2.75, 3.05) is 6.54 Å². The normalized spacial score (nSPS) is 24.0. The summed E-state index contributed by atoms with van der Waals surface area (Å²) in [6, 6.07) is 0.699. The minimum Gasteiger partial charge on any atom is -0.313 e. The van der Waals surface area contributed by atoms with Gasteiger partial charge in [-0.15, -0.1) is 5.10 Å². The van der Waals surface area contributed by atoms with Crippen LogP contribution in [0.4, 0.5) is 0 Å². The van der Waals surface area contributed by atoms with Gasteiger partial charge in [-0.05, 0) is 33.2 Å². The van der Waals surface area contributed by atoms with E-state index in [9.17, 15) is 4.79 Å². The van der Waals surface area contributed by atoms with Crippen LogP contribution < -0.4 is 11.0 Å². The molecule has 2 rings (SSSR count). The molecule has 1 aliphatic rings. The first kappa shape index (κ1) is 13.7. The largest absolute Gasteiger partial charge is 0.344 e. The zero-order chi connectivity index (χ0) is 13.1. The zero-order valence-corrected chi connectivity index (χ0v) is 12.1. The minimum absolute atomic E-state index is 0.106. The maximum absolute atomic E-state index is 11.7. The maximum Gasteiger partial charge on any atom is 0.344 e. The van der Waals surface area contributed by atoms with Crippen LogP contribution in [-0.4, -0.2) is 32.6 Å². The highest BCUT2D eigenvalue weighted by Crippen LogP contribution is 2.34.